The highest BCUT2D eigenvalue weighted by Gasteiger charge is 2.02. The summed E-state index contributed by atoms with van der Waals surface area (Å²) >= 11 is 9.23. The molecule has 0 radical (unpaired) electrons. The Morgan fingerprint density at radius 2 is 1.76 bits per heavy atom. The summed E-state index contributed by atoms with van der Waals surface area (Å²) in [4.78, 5) is 11.8. The zero-order valence-electron chi connectivity index (χ0n) is 15.3. The molecule has 3 rings (SSSR count). The minimum absolute atomic E-state index is 0.122. The van der Waals surface area contributed by atoms with Gasteiger partial charge in [0.25, 0.3) is 5.91 Å². The molecule has 1 amide bonds. The summed E-state index contributed by atoms with van der Waals surface area (Å²) in [5, 5.41) is 4.65. The van der Waals surface area contributed by atoms with Crippen LogP contribution in [0.5, 0.6) is 11.5 Å². The van der Waals surface area contributed by atoms with Gasteiger partial charge in [0.15, 0.2) is 6.61 Å². The number of rotatable bonds is 8. The number of ether oxygens (including phenoxy) is 2. The molecule has 0 atom stereocenters. The van der Waals surface area contributed by atoms with Gasteiger partial charge in [0.2, 0.25) is 0 Å². The number of nitrogens with zero attached hydrogens (tertiary/aromatic N) is 1. The molecule has 0 aliphatic rings. The molecule has 0 heterocycles. The first-order valence-electron chi connectivity index (χ1n) is 8.76. The van der Waals surface area contributed by atoms with E-state index >= 15 is 0 Å². The number of halogens is 2. The van der Waals surface area contributed by atoms with Crippen LogP contribution < -0.4 is 14.9 Å². The zero-order valence-corrected chi connectivity index (χ0v) is 17.7. The van der Waals surface area contributed by atoms with E-state index in [1.165, 1.54) is 0 Å². The molecule has 0 bridgehead atoms. The van der Waals surface area contributed by atoms with Gasteiger partial charge in [-0.25, -0.2) is 5.43 Å². The van der Waals surface area contributed by atoms with Gasteiger partial charge in [0, 0.05) is 9.50 Å². The molecule has 0 aliphatic heterocycles. The Balaban J connectivity index is 1.46. The number of nitrogens with one attached hydrogen (secondary N) is 1. The molecule has 0 aromatic heterocycles. The fourth-order valence-corrected chi connectivity index (χ4v) is 2.71. The molecule has 29 heavy (non-hydrogen) atoms. The molecular weight excluding hydrogens is 456 g/mol. The van der Waals surface area contributed by atoms with Crippen molar-refractivity contribution in [2.45, 2.75) is 6.61 Å². The zero-order chi connectivity index (χ0) is 20.5. The Morgan fingerprint density at radius 3 is 2.52 bits per heavy atom. The second-order valence-electron chi connectivity index (χ2n) is 6.02. The number of amides is 1. The number of hydrogen-bond donors (Lipinski definition) is 1. The van der Waals surface area contributed by atoms with E-state index in [4.69, 9.17) is 21.1 Å². The van der Waals surface area contributed by atoms with Gasteiger partial charge in [-0.05, 0) is 59.7 Å². The van der Waals surface area contributed by atoms with Gasteiger partial charge in [-0.15, -0.1) is 0 Å². The van der Waals surface area contributed by atoms with Crippen molar-refractivity contribution < 1.29 is 14.3 Å². The third-order valence-corrected chi connectivity index (χ3v) is 4.54. The van der Waals surface area contributed by atoms with E-state index in [2.05, 4.69) is 26.5 Å². The van der Waals surface area contributed by atoms with Crippen molar-refractivity contribution in [1.29, 1.82) is 0 Å². The van der Waals surface area contributed by atoms with Crippen molar-refractivity contribution in [1.82, 2.24) is 5.43 Å². The summed E-state index contributed by atoms with van der Waals surface area (Å²) < 4.78 is 12.1. The molecule has 3 aromatic carbocycles. The third-order valence-electron chi connectivity index (χ3n) is 3.76. The van der Waals surface area contributed by atoms with Gasteiger partial charge in [0.05, 0.1) is 6.21 Å². The van der Waals surface area contributed by atoms with Crippen LogP contribution >= 0.6 is 27.5 Å². The minimum Gasteiger partial charge on any atom is -0.489 e. The van der Waals surface area contributed by atoms with Crippen LogP contribution in [-0.4, -0.2) is 18.7 Å². The fourth-order valence-electron chi connectivity index (χ4n) is 2.32. The Bertz CT molecular complexity index is 976. The molecule has 0 saturated heterocycles. The molecule has 1 N–H and O–H groups in total. The Morgan fingerprint density at radius 1 is 1.00 bits per heavy atom. The maximum atomic E-state index is 11.8. The van der Waals surface area contributed by atoms with E-state index in [1.807, 2.05) is 60.7 Å². The van der Waals surface area contributed by atoms with Crippen LogP contribution in [-0.2, 0) is 11.4 Å². The summed E-state index contributed by atoms with van der Waals surface area (Å²) in [6, 6.07) is 22.1. The number of hydrazone groups is 1. The highest BCUT2D eigenvalue weighted by molar-refractivity contribution is 9.10. The number of carbonyl (C=O) groups excluding carboxylic acids is 1. The van der Waals surface area contributed by atoms with Crippen LogP contribution in [0.3, 0.4) is 0 Å². The standard InChI is InChI=1S/C22H18BrClN2O3/c23-18-6-10-20(11-7-18)29-15-22(27)26-25-13-17-2-1-3-21(12-17)28-14-16-4-8-19(24)9-5-16/h1-13H,14-15H2,(H,26,27)/b25-13-. The van der Waals surface area contributed by atoms with Gasteiger partial charge in [-0.1, -0.05) is 51.8 Å². The summed E-state index contributed by atoms with van der Waals surface area (Å²) in [7, 11) is 0. The molecule has 0 saturated carbocycles. The minimum atomic E-state index is -0.348. The average Bonchev–Trinajstić information content (AvgIpc) is 2.73. The smallest absolute Gasteiger partial charge is 0.277 e. The molecule has 148 valence electrons. The monoisotopic (exact) mass is 472 g/mol. The number of benzene rings is 3. The third kappa shape index (κ3) is 7.25. The van der Waals surface area contributed by atoms with Gasteiger partial charge >= 0.3 is 0 Å². The van der Waals surface area contributed by atoms with Crippen molar-refractivity contribution >= 4 is 39.7 Å². The fraction of sp³-hybridized carbons (Fsp3) is 0.0909. The first-order valence-corrected chi connectivity index (χ1v) is 9.93. The predicted molar refractivity (Wildman–Crippen MR) is 118 cm³/mol. The average molecular weight is 474 g/mol. The molecule has 0 fully saturated rings. The van der Waals surface area contributed by atoms with Crippen molar-refractivity contribution in [2.75, 3.05) is 6.61 Å². The second-order valence-corrected chi connectivity index (χ2v) is 7.38. The molecule has 0 spiro atoms. The van der Waals surface area contributed by atoms with E-state index in [-0.39, 0.29) is 12.5 Å². The molecule has 0 aliphatic carbocycles. The lowest BCUT2D eigenvalue weighted by Crippen LogP contribution is -2.24. The highest BCUT2D eigenvalue weighted by atomic mass is 79.9. The second kappa shape index (κ2) is 10.6. The quantitative estimate of drug-likeness (QED) is 0.361. The van der Waals surface area contributed by atoms with Crippen LogP contribution in [0.2, 0.25) is 5.02 Å². The van der Waals surface area contributed by atoms with Crippen LogP contribution in [0.4, 0.5) is 0 Å². The Hall–Kier alpha value is -2.83. The summed E-state index contributed by atoms with van der Waals surface area (Å²) in [6.45, 7) is 0.311. The molecule has 3 aromatic rings. The maximum Gasteiger partial charge on any atom is 0.277 e. The van der Waals surface area contributed by atoms with E-state index in [1.54, 1.807) is 18.3 Å². The van der Waals surface area contributed by atoms with E-state index < -0.39 is 0 Å². The van der Waals surface area contributed by atoms with Gasteiger partial charge < -0.3 is 9.47 Å². The van der Waals surface area contributed by atoms with Crippen LogP contribution in [0, 0.1) is 0 Å². The predicted octanol–water partition coefficient (Wildman–Crippen LogP) is 5.21. The van der Waals surface area contributed by atoms with Crippen LogP contribution in [0.15, 0.2) is 82.4 Å². The lowest BCUT2D eigenvalue weighted by molar-refractivity contribution is -0.123. The van der Waals surface area contributed by atoms with Crippen LogP contribution in [0.1, 0.15) is 11.1 Å². The number of hydrogen-bond acceptors (Lipinski definition) is 4. The lowest BCUT2D eigenvalue weighted by Gasteiger charge is -2.07. The molecule has 5 nitrogen and oxygen atoms in total. The normalized spacial score (nSPS) is 10.7. The van der Waals surface area contributed by atoms with Crippen molar-refractivity contribution in [3.63, 3.8) is 0 Å². The molecule has 7 heteroatoms. The lowest BCUT2D eigenvalue weighted by atomic mass is 10.2. The molecule has 0 unspecified atom stereocenters. The van der Waals surface area contributed by atoms with E-state index in [0.29, 0.717) is 23.1 Å². The summed E-state index contributed by atoms with van der Waals surface area (Å²) in [6.07, 6.45) is 1.55. The maximum absolute atomic E-state index is 11.8. The topological polar surface area (TPSA) is 59.9 Å². The van der Waals surface area contributed by atoms with E-state index in [0.717, 1.165) is 15.6 Å². The highest BCUT2D eigenvalue weighted by Crippen LogP contribution is 2.17. The summed E-state index contributed by atoms with van der Waals surface area (Å²) in [5.74, 6) is 0.964. The van der Waals surface area contributed by atoms with Crippen molar-refractivity contribution in [3.8, 4) is 11.5 Å². The Kier molecular flexibility index (Phi) is 7.67. The van der Waals surface area contributed by atoms with Gasteiger partial charge in [-0.3, -0.25) is 4.79 Å². The number of carbonyl (C=O) groups is 1. The van der Waals surface area contributed by atoms with Crippen molar-refractivity contribution in [2.24, 2.45) is 5.10 Å². The van der Waals surface area contributed by atoms with Crippen LogP contribution in [0.25, 0.3) is 0 Å². The first-order chi connectivity index (χ1) is 14.1. The largest absolute Gasteiger partial charge is 0.489 e. The Labute approximate surface area is 182 Å². The summed E-state index contributed by atoms with van der Waals surface area (Å²) in [5.41, 5.74) is 4.26. The van der Waals surface area contributed by atoms with Gasteiger partial charge in [-0.2, -0.15) is 5.10 Å². The van der Waals surface area contributed by atoms with Crippen molar-refractivity contribution in [3.05, 3.63) is 93.4 Å². The SMILES string of the molecule is O=C(COc1ccc(Br)cc1)N/N=C\c1cccc(OCc2ccc(Cl)cc2)c1. The molecular formula is C22H18BrClN2O3. The van der Waals surface area contributed by atoms with Gasteiger partial charge in [0.1, 0.15) is 18.1 Å². The van der Waals surface area contributed by atoms with E-state index in [9.17, 15) is 4.79 Å². The first kappa shape index (κ1) is 20.9.